The highest BCUT2D eigenvalue weighted by Crippen LogP contribution is 2.23. The molecule has 0 saturated heterocycles. The van der Waals surface area contributed by atoms with Crippen molar-refractivity contribution in [2.24, 2.45) is 11.8 Å². The van der Waals surface area contributed by atoms with Gasteiger partial charge in [-0.05, 0) is 6.42 Å². The van der Waals surface area contributed by atoms with E-state index in [1.54, 1.807) is 24.3 Å². The Morgan fingerprint density at radius 1 is 1.09 bits per heavy atom. The monoisotopic (exact) mass is 304 g/mol. The van der Waals surface area contributed by atoms with Gasteiger partial charge in [0.15, 0.2) is 11.7 Å². The van der Waals surface area contributed by atoms with E-state index in [9.17, 15) is 14.4 Å². The zero-order valence-corrected chi connectivity index (χ0v) is 12.8. The standard InChI is InChI=1S/C17H20O5/c1-4-12(15(16(19)21-2)17(20)22-3)10-11-14(18)13-8-6-5-7-9-13/h4-9,12,15H,1,10-11H2,2-3H3. The predicted octanol–water partition coefficient (Wildman–Crippen LogP) is 2.41. The molecule has 0 heterocycles. The Morgan fingerprint density at radius 3 is 2.09 bits per heavy atom. The van der Waals surface area contributed by atoms with Crippen LogP contribution in [0.3, 0.4) is 0 Å². The van der Waals surface area contributed by atoms with E-state index in [4.69, 9.17) is 0 Å². The topological polar surface area (TPSA) is 69.7 Å². The van der Waals surface area contributed by atoms with E-state index in [-0.39, 0.29) is 12.2 Å². The van der Waals surface area contributed by atoms with Gasteiger partial charge in [-0.2, -0.15) is 0 Å². The van der Waals surface area contributed by atoms with Gasteiger partial charge in [0, 0.05) is 17.9 Å². The van der Waals surface area contributed by atoms with Crippen LogP contribution in [-0.2, 0) is 19.1 Å². The number of carbonyl (C=O) groups excluding carboxylic acids is 3. The quantitative estimate of drug-likeness (QED) is 0.319. The molecule has 1 rings (SSSR count). The van der Waals surface area contributed by atoms with Gasteiger partial charge in [-0.3, -0.25) is 14.4 Å². The number of benzene rings is 1. The van der Waals surface area contributed by atoms with Crippen LogP contribution in [0.5, 0.6) is 0 Å². The zero-order valence-electron chi connectivity index (χ0n) is 12.8. The largest absolute Gasteiger partial charge is 0.468 e. The zero-order chi connectivity index (χ0) is 16.5. The van der Waals surface area contributed by atoms with E-state index in [2.05, 4.69) is 16.1 Å². The van der Waals surface area contributed by atoms with Crippen molar-refractivity contribution in [1.29, 1.82) is 0 Å². The Balaban J connectivity index is 2.78. The van der Waals surface area contributed by atoms with Gasteiger partial charge in [0.2, 0.25) is 0 Å². The van der Waals surface area contributed by atoms with Gasteiger partial charge in [0.05, 0.1) is 14.2 Å². The van der Waals surface area contributed by atoms with Crippen molar-refractivity contribution >= 4 is 17.7 Å². The minimum absolute atomic E-state index is 0.0547. The first-order valence-electron chi connectivity index (χ1n) is 6.91. The SMILES string of the molecule is C=CC(CCC(=O)c1ccccc1)C(C(=O)OC)C(=O)OC. The van der Waals surface area contributed by atoms with E-state index in [0.717, 1.165) is 0 Å². The molecule has 0 aliphatic rings. The molecule has 1 unspecified atom stereocenters. The fraction of sp³-hybridized carbons (Fsp3) is 0.353. The van der Waals surface area contributed by atoms with E-state index >= 15 is 0 Å². The third-order valence-corrected chi connectivity index (χ3v) is 3.44. The highest BCUT2D eigenvalue weighted by molar-refractivity contribution is 5.97. The second kappa shape index (κ2) is 8.77. The summed E-state index contributed by atoms with van der Waals surface area (Å²) in [6.07, 6.45) is 1.99. The average Bonchev–Trinajstić information content (AvgIpc) is 2.57. The maximum atomic E-state index is 12.1. The molecule has 5 nitrogen and oxygen atoms in total. The molecule has 1 atom stereocenters. The number of rotatable bonds is 8. The third-order valence-electron chi connectivity index (χ3n) is 3.44. The lowest BCUT2D eigenvalue weighted by Crippen LogP contribution is -2.33. The molecule has 1 aromatic rings. The van der Waals surface area contributed by atoms with Crippen molar-refractivity contribution in [3.8, 4) is 0 Å². The van der Waals surface area contributed by atoms with Crippen molar-refractivity contribution in [1.82, 2.24) is 0 Å². The minimum Gasteiger partial charge on any atom is -0.468 e. The second-order valence-electron chi connectivity index (χ2n) is 4.75. The van der Waals surface area contributed by atoms with Gasteiger partial charge in [0.1, 0.15) is 0 Å². The number of carbonyl (C=O) groups is 3. The summed E-state index contributed by atoms with van der Waals surface area (Å²) >= 11 is 0. The summed E-state index contributed by atoms with van der Waals surface area (Å²) in [4.78, 5) is 35.6. The molecule has 0 bridgehead atoms. The highest BCUT2D eigenvalue weighted by atomic mass is 16.5. The number of methoxy groups -OCH3 is 2. The summed E-state index contributed by atoms with van der Waals surface area (Å²) in [7, 11) is 2.40. The van der Waals surface area contributed by atoms with Crippen molar-refractivity contribution < 1.29 is 23.9 Å². The number of hydrogen-bond donors (Lipinski definition) is 0. The molecular weight excluding hydrogens is 284 g/mol. The molecule has 118 valence electrons. The van der Waals surface area contributed by atoms with E-state index in [1.165, 1.54) is 20.3 Å². The Hall–Kier alpha value is -2.43. The molecule has 5 heteroatoms. The summed E-state index contributed by atoms with van der Waals surface area (Å²) in [6.45, 7) is 3.64. The lowest BCUT2D eigenvalue weighted by atomic mass is 9.87. The van der Waals surface area contributed by atoms with Gasteiger partial charge in [-0.25, -0.2) is 0 Å². The summed E-state index contributed by atoms with van der Waals surface area (Å²) in [5, 5.41) is 0. The van der Waals surface area contributed by atoms with Gasteiger partial charge in [0.25, 0.3) is 0 Å². The van der Waals surface area contributed by atoms with Gasteiger partial charge >= 0.3 is 11.9 Å². The number of esters is 2. The molecule has 22 heavy (non-hydrogen) atoms. The molecule has 0 saturated carbocycles. The Morgan fingerprint density at radius 2 is 1.64 bits per heavy atom. The van der Waals surface area contributed by atoms with Gasteiger partial charge in [-0.1, -0.05) is 36.4 Å². The normalized spacial score (nSPS) is 11.6. The second-order valence-corrected chi connectivity index (χ2v) is 4.75. The number of allylic oxidation sites excluding steroid dienone is 1. The summed E-state index contributed by atoms with van der Waals surface area (Å²) in [6, 6.07) is 8.84. The lowest BCUT2D eigenvalue weighted by Gasteiger charge is -2.20. The summed E-state index contributed by atoms with van der Waals surface area (Å²) < 4.78 is 9.27. The molecule has 1 aromatic carbocycles. The fourth-order valence-electron chi connectivity index (χ4n) is 2.19. The maximum absolute atomic E-state index is 12.1. The Bertz CT molecular complexity index is 519. The fourth-order valence-corrected chi connectivity index (χ4v) is 2.19. The van der Waals surface area contributed by atoms with Crippen LogP contribution in [-0.4, -0.2) is 31.9 Å². The van der Waals surface area contributed by atoms with E-state index in [0.29, 0.717) is 12.0 Å². The smallest absolute Gasteiger partial charge is 0.320 e. The first kappa shape index (κ1) is 17.6. The molecule has 0 aliphatic carbocycles. The molecule has 0 amide bonds. The molecular formula is C17H20O5. The van der Waals surface area contributed by atoms with Crippen LogP contribution in [0.4, 0.5) is 0 Å². The first-order valence-corrected chi connectivity index (χ1v) is 6.91. The summed E-state index contributed by atoms with van der Waals surface area (Å²) in [5.41, 5.74) is 0.595. The molecule has 0 N–H and O–H groups in total. The highest BCUT2D eigenvalue weighted by Gasteiger charge is 2.35. The number of hydrogen-bond acceptors (Lipinski definition) is 5. The molecule has 0 spiro atoms. The van der Waals surface area contributed by atoms with Crippen LogP contribution in [0.25, 0.3) is 0 Å². The van der Waals surface area contributed by atoms with Gasteiger partial charge in [-0.15, -0.1) is 6.58 Å². The third kappa shape index (κ3) is 4.55. The number of Topliss-reactive ketones (excluding diaryl/α,β-unsaturated/α-hetero) is 1. The molecule has 0 aliphatic heterocycles. The van der Waals surface area contributed by atoms with Crippen molar-refractivity contribution in [3.63, 3.8) is 0 Å². The first-order chi connectivity index (χ1) is 10.5. The van der Waals surface area contributed by atoms with Crippen molar-refractivity contribution in [3.05, 3.63) is 48.6 Å². The predicted molar refractivity (Wildman–Crippen MR) is 81.2 cm³/mol. The Labute approximate surface area is 129 Å². The number of ketones is 1. The van der Waals surface area contributed by atoms with Crippen molar-refractivity contribution in [2.45, 2.75) is 12.8 Å². The maximum Gasteiger partial charge on any atom is 0.320 e. The van der Waals surface area contributed by atoms with Crippen LogP contribution in [0.1, 0.15) is 23.2 Å². The number of ether oxygens (including phenoxy) is 2. The van der Waals surface area contributed by atoms with Crippen LogP contribution < -0.4 is 0 Å². The Kier molecular flexibility index (Phi) is 7.02. The van der Waals surface area contributed by atoms with Crippen LogP contribution in [0, 0.1) is 11.8 Å². The summed E-state index contributed by atoms with van der Waals surface area (Å²) in [5.74, 6) is -3.06. The van der Waals surface area contributed by atoms with Gasteiger partial charge < -0.3 is 9.47 Å². The van der Waals surface area contributed by atoms with E-state index < -0.39 is 23.8 Å². The molecule has 0 radical (unpaired) electrons. The molecule has 0 fully saturated rings. The average molecular weight is 304 g/mol. The van der Waals surface area contributed by atoms with Crippen LogP contribution >= 0.6 is 0 Å². The van der Waals surface area contributed by atoms with Crippen LogP contribution in [0.15, 0.2) is 43.0 Å². The minimum atomic E-state index is -1.10. The lowest BCUT2D eigenvalue weighted by molar-refractivity contribution is -0.160. The molecule has 0 aromatic heterocycles. The van der Waals surface area contributed by atoms with E-state index in [1.807, 2.05) is 6.07 Å². The van der Waals surface area contributed by atoms with Crippen LogP contribution in [0.2, 0.25) is 0 Å². The van der Waals surface area contributed by atoms with Crippen molar-refractivity contribution in [2.75, 3.05) is 14.2 Å².